The fraction of sp³-hybridized carbons (Fsp3) is 0.704. The molecule has 1 saturated carbocycles. The number of rotatable bonds is 7. The van der Waals surface area contributed by atoms with Crippen LogP contribution in [0.2, 0.25) is 0 Å². The Morgan fingerprint density at radius 3 is 2.21 bits per heavy atom. The van der Waals surface area contributed by atoms with Crippen molar-refractivity contribution >= 4 is 12.1 Å². The first-order valence-corrected chi connectivity index (χ1v) is 12.6. The summed E-state index contributed by atoms with van der Waals surface area (Å²) >= 11 is 0. The molecule has 1 N–H and O–H groups in total. The molecule has 1 aliphatic heterocycles. The molecule has 1 aromatic rings. The molecule has 2 aliphatic rings. The maximum atomic E-state index is 12.3. The van der Waals surface area contributed by atoms with Gasteiger partial charge in [-0.2, -0.15) is 0 Å². The van der Waals surface area contributed by atoms with Gasteiger partial charge in [0.15, 0.2) is 0 Å². The first-order valence-electron chi connectivity index (χ1n) is 12.6. The van der Waals surface area contributed by atoms with E-state index >= 15 is 0 Å². The van der Waals surface area contributed by atoms with E-state index in [2.05, 4.69) is 29.6 Å². The third-order valence-electron chi connectivity index (χ3n) is 7.02. The maximum absolute atomic E-state index is 12.3. The minimum Gasteiger partial charge on any atom is -0.469 e. The number of benzene rings is 1. The highest BCUT2D eigenvalue weighted by Crippen LogP contribution is 2.30. The Labute approximate surface area is 199 Å². The maximum Gasteiger partial charge on any atom is 0.410 e. The molecule has 0 bridgehead atoms. The average Bonchev–Trinajstić information content (AvgIpc) is 2.81. The van der Waals surface area contributed by atoms with E-state index in [1.165, 1.54) is 43.9 Å². The van der Waals surface area contributed by atoms with E-state index in [1.807, 2.05) is 25.7 Å². The zero-order chi connectivity index (χ0) is 23.8. The van der Waals surface area contributed by atoms with Gasteiger partial charge < -0.3 is 19.7 Å². The van der Waals surface area contributed by atoms with Crippen LogP contribution in [0.5, 0.6) is 0 Å². The predicted molar refractivity (Wildman–Crippen MR) is 130 cm³/mol. The molecule has 1 amide bonds. The number of likely N-dealkylation sites (tertiary alicyclic amines) is 1. The Morgan fingerprint density at radius 1 is 1.00 bits per heavy atom. The van der Waals surface area contributed by atoms with Gasteiger partial charge in [-0.15, -0.1) is 0 Å². The van der Waals surface area contributed by atoms with E-state index in [9.17, 15) is 9.59 Å². The summed E-state index contributed by atoms with van der Waals surface area (Å²) in [6.45, 7) is 8.14. The fourth-order valence-corrected chi connectivity index (χ4v) is 4.97. The molecular formula is C27H42N2O4. The number of ether oxygens (including phenoxy) is 2. The van der Waals surface area contributed by atoms with Crippen LogP contribution in [0, 0.1) is 5.92 Å². The second kappa shape index (κ2) is 11.9. The van der Waals surface area contributed by atoms with Crippen molar-refractivity contribution in [3.8, 4) is 0 Å². The number of amides is 1. The molecule has 0 spiro atoms. The lowest BCUT2D eigenvalue weighted by atomic mass is 9.83. The second-order valence-corrected chi connectivity index (χ2v) is 10.7. The summed E-state index contributed by atoms with van der Waals surface area (Å²) in [6, 6.07) is 9.56. The van der Waals surface area contributed by atoms with Gasteiger partial charge in [0.1, 0.15) is 5.60 Å². The Kier molecular flexibility index (Phi) is 9.19. The SMILES string of the molecule is COC(=O)CCC1CCC(NCc2ccc(C3CCN(C(=O)OC(C)(C)C)CC3)cc2)CC1. The van der Waals surface area contributed by atoms with Crippen LogP contribution < -0.4 is 5.32 Å². The summed E-state index contributed by atoms with van der Waals surface area (Å²) in [5.74, 6) is 1.07. The van der Waals surface area contributed by atoms with Gasteiger partial charge in [-0.3, -0.25) is 4.79 Å². The molecule has 6 nitrogen and oxygen atoms in total. The van der Waals surface area contributed by atoms with Crippen LogP contribution in [0.25, 0.3) is 0 Å². The summed E-state index contributed by atoms with van der Waals surface area (Å²) < 4.78 is 10.3. The molecule has 3 rings (SSSR count). The van der Waals surface area contributed by atoms with Gasteiger partial charge in [0.2, 0.25) is 0 Å². The van der Waals surface area contributed by atoms with Gasteiger partial charge in [-0.05, 0) is 88.7 Å². The molecule has 6 heteroatoms. The van der Waals surface area contributed by atoms with E-state index in [-0.39, 0.29) is 12.1 Å². The quantitative estimate of drug-likeness (QED) is 0.554. The number of piperidine rings is 1. The summed E-state index contributed by atoms with van der Waals surface area (Å²) in [5, 5.41) is 3.72. The van der Waals surface area contributed by atoms with Crippen LogP contribution in [-0.2, 0) is 20.8 Å². The van der Waals surface area contributed by atoms with Crippen molar-refractivity contribution in [1.29, 1.82) is 0 Å². The highest BCUT2D eigenvalue weighted by Gasteiger charge is 2.27. The number of methoxy groups -OCH3 is 1. The first-order chi connectivity index (χ1) is 15.7. The number of nitrogens with zero attached hydrogens (tertiary/aromatic N) is 1. The van der Waals surface area contributed by atoms with E-state index in [4.69, 9.17) is 9.47 Å². The Balaban J connectivity index is 1.36. The molecular weight excluding hydrogens is 416 g/mol. The van der Waals surface area contributed by atoms with Crippen LogP contribution in [0.4, 0.5) is 4.79 Å². The molecule has 33 heavy (non-hydrogen) atoms. The predicted octanol–water partition coefficient (Wildman–Crippen LogP) is 5.40. The molecule has 184 valence electrons. The number of nitrogens with one attached hydrogen (secondary N) is 1. The smallest absolute Gasteiger partial charge is 0.410 e. The first kappa shape index (κ1) is 25.5. The summed E-state index contributed by atoms with van der Waals surface area (Å²) in [7, 11) is 1.46. The number of esters is 1. The van der Waals surface area contributed by atoms with Crippen LogP contribution in [0.15, 0.2) is 24.3 Å². The van der Waals surface area contributed by atoms with Crippen LogP contribution >= 0.6 is 0 Å². The number of hydrogen-bond donors (Lipinski definition) is 1. The van der Waals surface area contributed by atoms with Crippen LogP contribution in [0.1, 0.15) is 89.2 Å². The van der Waals surface area contributed by atoms with E-state index in [0.29, 0.717) is 24.3 Å². The minimum atomic E-state index is -0.443. The summed E-state index contributed by atoms with van der Waals surface area (Å²) in [4.78, 5) is 25.4. The number of carbonyl (C=O) groups is 2. The second-order valence-electron chi connectivity index (χ2n) is 10.7. The van der Waals surface area contributed by atoms with Crippen molar-refractivity contribution in [3.63, 3.8) is 0 Å². The van der Waals surface area contributed by atoms with Crippen LogP contribution in [0.3, 0.4) is 0 Å². The molecule has 0 aromatic heterocycles. The van der Waals surface area contributed by atoms with Gasteiger partial charge in [0, 0.05) is 32.1 Å². The average molecular weight is 459 g/mol. The third-order valence-corrected chi connectivity index (χ3v) is 7.02. The van der Waals surface area contributed by atoms with Crippen molar-refractivity contribution in [3.05, 3.63) is 35.4 Å². The highest BCUT2D eigenvalue weighted by molar-refractivity contribution is 5.69. The number of carbonyl (C=O) groups excluding carboxylic acids is 2. The Morgan fingerprint density at radius 2 is 1.64 bits per heavy atom. The van der Waals surface area contributed by atoms with Gasteiger partial charge in [0.25, 0.3) is 0 Å². The monoisotopic (exact) mass is 458 g/mol. The van der Waals surface area contributed by atoms with Crippen molar-refractivity contribution in [2.75, 3.05) is 20.2 Å². The molecule has 1 heterocycles. The molecule has 1 aromatic carbocycles. The largest absolute Gasteiger partial charge is 0.469 e. The lowest BCUT2D eigenvalue weighted by Gasteiger charge is -2.33. The number of hydrogen-bond acceptors (Lipinski definition) is 5. The van der Waals surface area contributed by atoms with Gasteiger partial charge in [-0.1, -0.05) is 24.3 Å². The van der Waals surface area contributed by atoms with Crippen molar-refractivity contribution in [2.24, 2.45) is 5.92 Å². The van der Waals surface area contributed by atoms with Gasteiger partial charge in [-0.25, -0.2) is 4.79 Å². The minimum absolute atomic E-state index is 0.0905. The van der Waals surface area contributed by atoms with Gasteiger partial charge in [0.05, 0.1) is 7.11 Å². The third kappa shape index (κ3) is 8.33. The Hall–Kier alpha value is -2.08. The summed E-state index contributed by atoms with van der Waals surface area (Å²) in [6.07, 6.45) is 8.01. The molecule has 0 radical (unpaired) electrons. The molecule has 1 aliphatic carbocycles. The molecule has 0 unspecified atom stereocenters. The molecule has 0 atom stereocenters. The normalized spacial score (nSPS) is 22.1. The van der Waals surface area contributed by atoms with E-state index in [0.717, 1.165) is 38.9 Å². The Bertz CT molecular complexity index is 755. The molecule has 1 saturated heterocycles. The van der Waals surface area contributed by atoms with Crippen molar-refractivity contribution < 1.29 is 19.1 Å². The highest BCUT2D eigenvalue weighted by atomic mass is 16.6. The zero-order valence-corrected chi connectivity index (χ0v) is 20.9. The topological polar surface area (TPSA) is 67.9 Å². The lowest BCUT2D eigenvalue weighted by molar-refractivity contribution is -0.141. The van der Waals surface area contributed by atoms with Gasteiger partial charge >= 0.3 is 12.1 Å². The fourth-order valence-electron chi connectivity index (χ4n) is 4.97. The van der Waals surface area contributed by atoms with Crippen molar-refractivity contribution in [2.45, 2.75) is 96.2 Å². The van der Waals surface area contributed by atoms with Crippen molar-refractivity contribution in [1.82, 2.24) is 10.2 Å². The van der Waals surface area contributed by atoms with E-state index in [1.54, 1.807) is 0 Å². The van der Waals surface area contributed by atoms with Crippen LogP contribution in [-0.4, -0.2) is 48.8 Å². The lowest BCUT2D eigenvalue weighted by Crippen LogP contribution is -2.41. The summed E-state index contributed by atoms with van der Waals surface area (Å²) in [5.41, 5.74) is 2.24. The molecule has 2 fully saturated rings. The van der Waals surface area contributed by atoms with E-state index < -0.39 is 5.60 Å². The zero-order valence-electron chi connectivity index (χ0n) is 20.9. The standard InChI is InChI=1S/C27H42N2O4/c1-27(2,3)33-26(31)29-17-15-23(16-18-29)22-10-5-21(6-11-22)19-28-24-12-7-20(8-13-24)9-14-25(30)32-4/h5-6,10-11,20,23-24,28H,7-9,12-19H2,1-4H3.